The Morgan fingerprint density at radius 3 is 2.44 bits per heavy atom. The Labute approximate surface area is 110 Å². The molecule has 0 saturated heterocycles. The van der Waals surface area contributed by atoms with E-state index in [0.717, 1.165) is 11.1 Å². The molecule has 0 aromatic heterocycles. The molecule has 2 aromatic rings. The zero-order valence-corrected chi connectivity index (χ0v) is 10.5. The van der Waals surface area contributed by atoms with Crippen molar-refractivity contribution in [3.05, 3.63) is 52.8 Å². The topological polar surface area (TPSA) is 9.23 Å². The van der Waals surface area contributed by atoms with E-state index < -0.39 is 5.82 Å². The van der Waals surface area contributed by atoms with Gasteiger partial charge >= 0.3 is 0 Å². The summed E-state index contributed by atoms with van der Waals surface area (Å²) < 4.78 is 18.5. The van der Waals surface area contributed by atoms with E-state index in [1.807, 2.05) is 6.07 Å². The van der Waals surface area contributed by atoms with Gasteiger partial charge in [-0.1, -0.05) is 29.7 Å². The Morgan fingerprint density at radius 2 is 1.83 bits per heavy atom. The molecule has 0 spiro atoms. The van der Waals surface area contributed by atoms with Gasteiger partial charge < -0.3 is 4.74 Å². The van der Waals surface area contributed by atoms with Crippen LogP contribution in [0.2, 0.25) is 5.02 Å². The lowest BCUT2D eigenvalue weighted by Gasteiger charge is -2.07. The van der Waals surface area contributed by atoms with Crippen LogP contribution in [0.15, 0.2) is 36.4 Å². The third-order valence-corrected chi connectivity index (χ3v) is 2.91. The zero-order chi connectivity index (χ0) is 13.1. The minimum absolute atomic E-state index is 0.101. The van der Waals surface area contributed by atoms with Crippen molar-refractivity contribution < 1.29 is 9.13 Å². The Hall–Kier alpha value is -1.98. The highest BCUT2D eigenvalue weighted by Gasteiger charge is 2.06. The smallest absolute Gasteiger partial charge is 0.142 e. The van der Waals surface area contributed by atoms with Crippen LogP contribution in [0.5, 0.6) is 5.75 Å². The molecule has 18 heavy (non-hydrogen) atoms. The standard InChI is InChI=1S/C15H10ClFO/c1-3-10-8-11(5-7-15(10)18-2)12-4-6-13(16)14(17)9-12/h1,4-9H,2H3. The second kappa shape index (κ2) is 5.12. The molecule has 0 radical (unpaired) electrons. The molecule has 2 aromatic carbocycles. The average molecular weight is 261 g/mol. The molecule has 0 unspecified atom stereocenters. The first kappa shape index (κ1) is 12.5. The van der Waals surface area contributed by atoms with Crippen molar-refractivity contribution in [2.45, 2.75) is 0 Å². The van der Waals surface area contributed by atoms with Gasteiger partial charge in [-0.2, -0.15) is 0 Å². The van der Waals surface area contributed by atoms with Crippen LogP contribution in [-0.4, -0.2) is 7.11 Å². The number of terminal acetylenes is 1. The molecular formula is C15H10ClFO. The zero-order valence-electron chi connectivity index (χ0n) is 9.71. The summed E-state index contributed by atoms with van der Waals surface area (Å²) in [5, 5.41) is 0.101. The van der Waals surface area contributed by atoms with Gasteiger partial charge in [-0.25, -0.2) is 4.39 Å². The molecule has 1 nitrogen and oxygen atoms in total. The summed E-state index contributed by atoms with van der Waals surface area (Å²) in [6.45, 7) is 0. The monoisotopic (exact) mass is 260 g/mol. The molecule has 0 saturated carbocycles. The molecule has 0 aliphatic rings. The molecule has 2 rings (SSSR count). The minimum Gasteiger partial charge on any atom is -0.495 e. The normalized spacial score (nSPS) is 9.89. The van der Waals surface area contributed by atoms with Crippen molar-refractivity contribution >= 4 is 11.6 Å². The maximum atomic E-state index is 13.4. The van der Waals surface area contributed by atoms with E-state index >= 15 is 0 Å². The fraction of sp³-hybridized carbons (Fsp3) is 0.0667. The molecule has 0 aliphatic heterocycles. The maximum Gasteiger partial charge on any atom is 0.142 e. The molecule has 3 heteroatoms. The summed E-state index contributed by atoms with van der Waals surface area (Å²) in [7, 11) is 1.55. The molecule has 0 N–H and O–H groups in total. The average Bonchev–Trinajstić information content (AvgIpc) is 2.41. The lowest BCUT2D eigenvalue weighted by atomic mass is 10.0. The van der Waals surface area contributed by atoms with Gasteiger partial charge in [0.05, 0.1) is 17.7 Å². The van der Waals surface area contributed by atoms with Crippen LogP contribution in [0.25, 0.3) is 11.1 Å². The Balaban J connectivity index is 2.51. The van der Waals surface area contributed by atoms with Crippen molar-refractivity contribution in [1.29, 1.82) is 0 Å². The van der Waals surface area contributed by atoms with Crippen LogP contribution >= 0.6 is 11.6 Å². The third-order valence-electron chi connectivity index (χ3n) is 2.61. The summed E-state index contributed by atoms with van der Waals surface area (Å²) >= 11 is 5.65. The van der Waals surface area contributed by atoms with Crippen molar-refractivity contribution in [2.24, 2.45) is 0 Å². The van der Waals surface area contributed by atoms with Gasteiger partial charge in [-0.15, -0.1) is 6.42 Å². The second-order valence-electron chi connectivity index (χ2n) is 3.69. The SMILES string of the molecule is C#Cc1cc(-c2ccc(Cl)c(F)c2)ccc1OC. The summed E-state index contributed by atoms with van der Waals surface area (Å²) in [4.78, 5) is 0. The van der Waals surface area contributed by atoms with Crippen molar-refractivity contribution in [3.8, 4) is 29.2 Å². The van der Waals surface area contributed by atoms with Gasteiger partial charge in [-0.05, 0) is 35.4 Å². The van der Waals surface area contributed by atoms with E-state index in [9.17, 15) is 4.39 Å². The maximum absolute atomic E-state index is 13.4. The molecule has 0 aliphatic carbocycles. The number of hydrogen-bond donors (Lipinski definition) is 0. The van der Waals surface area contributed by atoms with Crippen LogP contribution in [0.4, 0.5) is 4.39 Å². The van der Waals surface area contributed by atoms with E-state index in [-0.39, 0.29) is 5.02 Å². The molecule has 90 valence electrons. The fourth-order valence-electron chi connectivity index (χ4n) is 1.68. The van der Waals surface area contributed by atoms with Gasteiger partial charge in [0.15, 0.2) is 0 Å². The largest absolute Gasteiger partial charge is 0.495 e. The van der Waals surface area contributed by atoms with Crippen LogP contribution in [-0.2, 0) is 0 Å². The number of benzene rings is 2. The third kappa shape index (κ3) is 2.32. The summed E-state index contributed by atoms with van der Waals surface area (Å²) in [5.41, 5.74) is 2.17. The molecule has 0 heterocycles. The summed E-state index contributed by atoms with van der Waals surface area (Å²) in [5.74, 6) is 2.71. The Morgan fingerprint density at radius 1 is 1.17 bits per heavy atom. The van der Waals surface area contributed by atoms with Crippen molar-refractivity contribution in [1.82, 2.24) is 0 Å². The minimum atomic E-state index is -0.452. The van der Waals surface area contributed by atoms with E-state index in [1.54, 1.807) is 25.3 Å². The van der Waals surface area contributed by atoms with E-state index in [0.29, 0.717) is 11.3 Å². The highest BCUT2D eigenvalue weighted by molar-refractivity contribution is 6.30. The van der Waals surface area contributed by atoms with Gasteiger partial charge in [0, 0.05) is 0 Å². The van der Waals surface area contributed by atoms with Gasteiger partial charge in [0.2, 0.25) is 0 Å². The van der Waals surface area contributed by atoms with Crippen molar-refractivity contribution in [2.75, 3.05) is 7.11 Å². The van der Waals surface area contributed by atoms with Crippen LogP contribution in [0.1, 0.15) is 5.56 Å². The number of rotatable bonds is 2. The summed E-state index contributed by atoms with van der Waals surface area (Å²) in [6.07, 6.45) is 5.40. The molecule has 0 atom stereocenters. The predicted octanol–water partition coefficient (Wildman–Crippen LogP) is 4.14. The van der Waals surface area contributed by atoms with Crippen LogP contribution in [0.3, 0.4) is 0 Å². The predicted molar refractivity (Wildman–Crippen MR) is 71.3 cm³/mol. The summed E-state index contributed by atoms with van der Waals surface area (Å²) in [6, 6.07) is 10.0. The van der Waals surface area contributed by atoms with Gasteiger partial charge in [0.1, 0.15) is 11.6 Å². The van der Waals surface area contributed by atoms with Crippen LogP contribution < -0.4 is 4.74 Å². The number of hydrogen-bond acceptors (Lipinski definition) is 1. The van der Waals surface area contributed by atoms with E-state index in [2.05, 4.69) is 5.92 Å². The lowest BCUT2D eigenvalue weighted by Crippen LogP contribution is -1.89. The molecule has 0 amide bonds. The fourth-order valence-corrected chi connectivity index (χ4v) is 1.79. The van der Waals surface area contributed by atoms with E-state index in [4.69, 9.17) is 22.8 Å². The molecular weight excluding hydrogens is 251 g/mol. The highest BCUT2D eigenvalue weighted by Crippen LogP contribution is 2.28. The molecule has 0 fully saturated rings. The van der Waals surface area contributed by atoms with Crippen molar-refractivity contribution in [3.63, 3.8) is 0 Å². The highest BCUT2D eigenvalue weighted by atomic mass is 35.5. The Kier molecular flexibility index (Phi) is 3.55. The lowest BCUT2D eigenvalue weighted by molar-refractivity contribution is 0.413. The molecule has 0 bridgehead atoms. The number of methoxy groups -OCH3 is 1. The van der Waals surface area contributed by atoms with E-state index in [1.165, 1.54) is 12.1 Å². The van der Waals surface area contributed by atoms with Gasteiger partial charge in [-0.3, -0.25) is 0 Å². The van der Waals surface area contributed by atoms with Crippen LogP contribution in [0, 0.1) is 18.2 Å². The quantitative estimate of drug-likeness (QED) is 0.738. The first-order valence-electron chi connectivity index (χ1n) is 5.26. The van der Waals surface area contributed by atoms with Gasteiger partial charge in [0.25, 0.3) is 0 Å². The Bertz CT molecular complexity index is 629. The second-order valence-corrected chi connectivity index (χ2v) is 4.10. The number of ether oxygens (including phenoxy) is 1. The number of halogens is 2. The first-order valence-corrected chi connectivity index (χ1v) is 5.63. The first-order chi connectivity index (χ1) is 8.65.